The Morgan fingerprint density at radius 1 is 1.16 bits per heavy atom. The molecule has 0 bridgehead atoms. The summed E-state index contributed by atoms with van der Waals surface area (Å²) in [6.07, 6.45) is -3.68. The fourth-order valence-electron chi connectivity index (χ4n) is 2.61. The molecule has 0 spiro atoms. The van der Waals surface area contributed by atoms with Crippen LogP contribution in [0.25, 0.3) is 0 Å². The second-order valence-corrected chi connectivity index (χ2v) is 6.20. The second-order valence-electron chi connectivity index (χ2n) is 6.20. The first kappa shape index (κ1) is 26.6. The molecular formula is C20H26F3IN4O3. The molecule has 1 unspecified atom stereocenters. The van der Waals surface area contributed by atoms with Gasteiger partial charge in [-0.2, -0.15) is 13.2 Å². The first-order chi connectivity index (χ1) is 14.3. The van der Waals surface area contributed by atoms with Gasteiger partial charge in [0.2, 0.25) is 5.88 Å². The molecule has 2 rings (SSSR count). The van der Waals surface area contributed by atoms with E-state index in [1.165, 1.54) is 6.07 Å². The zero-order valence-corrected chi connectivity index (χ0v) is 19.9. The summed E-state index contributed by atoms with van der Waals surface area (Å²) in [6, 6.07) is 7.50. The fraction of sp³-hybridized carbons (Fsp3) is 0.400. The second kappa shape index (κ2) is 12.4. The minimum absolute atomic E-state index is 0. The number of guanidine groups is 1. The van der Waals surface area contributed by atoms with Crippen molar-refractivity contribution in [3.8, 4) is 17.4 Å². The lowest BCUT2D eigenvalue weighted by atomic mass is 10.1. The number of nitrogens with zero attached hydrogens (tertiary/aromatic N) is 2. The average Bonchev–Trinajstić information content (AvgIpc) is 2.74. The number of alkyl halides is 3. The van der Waals surface area contributed by atoms with Gasteiger partial charge in [0, 0.05) is 24.9 Å². The van der Waals surface area contributed by atoms with E-state index in [1.807, 2.05) is 25.1 Å². The predicted octanol–water partition coefficient (Wildman–Crippen LogP) is 4.04. The molecule has 0 saturated carbocycles. The van der Waals surface area contributed by atoms with Gasteiger partial charge in [-0.25, -0.2) is 4.98 Å². The van der Waals surface area contributed by atoms with E-state index in [9.17, 15) is 13.2 Å². The molecule has 0 amide bonds. The molecule has 0 aliphatic heterocycles. The van der Waals surface area contributed by atoms with E-state index in [-0.39, 0.29) is 42.5 Å². The van der Waals surface area contributed by atoms with E-state index >= 15 is 0 Å². The van der Waals surface area contributed by atoms with Crippen LogP contribution in [0.4, 0.5) is 13.2 Å². The molecule has 0 radical (unpaired) electrons. The molecule has 2 N–H and O–H groups in total. The molecular weight excluding hydrogens is 528 g/mol. The average molecular weight is 554 g/mol. The molecule has 7 nitrogen and oxygen atoms in total. The number of rotatable bonds is 8. The van der Waals surface area contributed by atoms with Crippen LogP contribution in [0.2, 0.25) is 0 Å². The minimum Gasteiger partial charge on any atom is -0.497 e. The number of methoxy groups -OCH3 is 2. The number of nitrogens with one attached hydrogen (secondary N) is 2. The van der Waals surface area contributed by atoms with Crippen LogP contribution in [0.15, 0.2) is 41.5 Å². The molecule has 0 saturated heterocycles. The maximum absolute atomic E-state index is 12.5. The maximum Gasteiger partial charge on any atom is 0.417 e. The minimum atomic E-state index is -4.42. The SMILES string of the molecule is CN=C(NCCOc1ccc(C(F)(F)F)cn1)NC(C)c1cc(OC)ccc1OC.I. The summed E-state index contributed by atoms with van der Waals surface area (Å²) >= 11 is 0. The molecule has 1 aromatic carbocycles. The van der Waals surface area contributed by atoms with E-state index in [1.54, 1.807) is 21.3 Å². The van der Waals surface area contributed by atoms with Crippen molar-refractivity contribution in [2.45, 2.75) is 19.1 Å². The predicted molar refractivity (Wildman–Crippen MR) is 123 cm³/mol. The van der Waals surface area contributed by atoms with Gasteiger partial charge in [-0.05, 0) is 31.2 Å². The molecule has 0 aliphatic rings. The van der Waals surface area contributed by atoms with Crippen LogP contribution < -0.4 is 24.8 Å². The van der Waals surface area contributed by atoms with Gasteiger partial charge in [0.15, 0.2) is 5.96 Å². The lowest BCUT2D eigenvalue weighted by Crippen LogP contribution is -2.40. The first-order valence-electron chi connectivity index (χ1n) is 9.13. The lowest BCUT2D eigenvalue weighted by molar-refractivity contribution is -0.137. The Hall–Kier alpha value is -2.44. The third kappa shape index (κ3) is 7.96. The van der Waals surface area contributed by atoms with Gasteiger partial charge in [0.05, 0.1) is 32.4 Å². The van der Waals surface area contributed by atoms with Gasteiger partial charge in [0.25, 0.3) is 0 Å². The van der Waals surface area contributed by atoms with Gasteiger partial charge in [-0.1, -0.05) is 0 Å². The molecule has 11 heteroatoms. The van der Waals surface area contributed by atoms with Gasteiger partial charge in [-0.3, -0.25) is 4.99 Å². The smallest absolute Gasteiger partial charge is 0.417 e. The van der Waals surface area contributed by atoms with E-state index < -0.39 is 11.7 Å². The standard InChI is InChI=1S/C20H25F3N4O3.HI/c1-13(16-11-15(28-3)6-7-17(16)29-4)27-19(24-2)25-9-10-30-18-8-5-14(12-26-18)20(21,22)23;/h5-8,11-13H,9-10H2,1-4H3,(H2,24,25,27);1H. The summed E-state index contributed by atoms with van der Waals surface area (Å²) < 4.78 is 53.7. The van der Waals surface area contributed by atoms with Crippen molar-refractivity contribution >= 4 is 29.9 Å². The molecule has 0 aliphatic carbocycles. The van der Waals surface area contributed by atoms with Crippen LogP contribution in [0, 0.1) is 0 Å². The van der Waals surface area contributed by atoms with Crippen LogP contribution in [0.1, 0.15) is 24.1 Å². The number of aliphatic imine (C=N–C) groups is 1. The summed E-state index contributed by atoms with van der Waals surface area (Å²) in [5.74, 6) is 2.06. The van der Waals surface area contributed by atoms with Crippen LogP contribution in [0.3, 0.4) is 0 Å². The highest BCUT2D eigenvalue weighted by Crippen LogP contribution is 2.30. The molecule has 1 aromatic heterocycles. The molecule has 172 valence electrons. The number of halogens is 4. The molecule has 2 aromatic rings. The van der Waals surface area contributed by atoms with Crippen LogP contribution >= 0.6 is 24.0 Å². The van der Waals surface area contributed by atoms with E-state index in [0.717, 1.165) is 17.8 Å². The highest BCUT2D eigenvalue weighted by molar-refractivity contribution is 14.0. The Kier molecular flexibility index (Phi) is 10.7. The van der Waals surface area contributed by atoms with Gasteiger partial charge in [0.1, 0.15) is 18.1 Å². The normalized spacial score (nSPS) is 12.4. The zero-order valence-electron chi connectivity index (χ0n) is 17.6. The third-order valence-corrected chi connectivity index (χ3v) is 4.19. The molecule has 1 heterocycles. The Balaban J connectivity index is 0.00000480. The van der Waals surface area contributed by atoms with Gasteiger partial charge >= 0.3 is 6.18 Å². The number of benzene rings is 1. The van der Waals surface area contributed by atoms with E-state index in [0.29, 0.717) is 24.0 Å². The van der Waals surface area contributed by atoms with Crippen molar-refractivity contribution in [2.24, 2.45) is 4.99 Å². The van der Waals surface area contributed by atoms with E-state index in [4.69, 9.17) is 14.2 Å². The fourth-order valence-corrected chi connectivity index (χ4v) is 2.61. The third-order valence-electron chi connectivity index (χ3n) is 4.19. The Labute approximate surface area is 196 Å². The van der Waals surface area contributed by atoms with Crippen LogP contribution in [0.5, 0.6) is 17.4 Å². The highest BCUT2D eigenvalue weighted by Gasteiger charge is 2.30. The lowest BCUT2D eigenvalue weighted by Gasteiger charge is -2.21. The summed E-state index contributed by atoms with van der Waals surface area (Å²) in [4.78, 5) is 7.82. The van der Waals surface area contributed by atoms with Crippen molar-refractivity contribution in [3.05, 3.63) is 47.7 Å². The quantitative estimate of drug-likeness (QED) is 0.222. The molecule has 1 atom stereocenters. The molecule has 0 fully saturated rings. The largest absolute Gasteiger partial charge is 0.497 e. The van der Waals surface area contributed by atoms with Crippen molar-refractivity contribution in [1.82, 2.24) is 15.6 Å². The zero-order chi connectivity index (χ0) is 22.1. The number of hydrogen-bond donors (Lipinski definition) is 2. The summed E-state index contributed by atoms with van der Waals surface area (Å²) in [6.45, 7) is 2.51. The molecule has 31 heavy (non-hydrogen) atoms. The first-order valence-corrected chi connectivity index (χ1v) is 9.13. The van der Waals surface area contributed by atoms with Crippen molar-refractivity contribution in [1.29, 1.82) is 0 Å². The summed E-state index contributed by atoms with van der Waals surface area (Å²) in [5.41, 5.74) is 0.0736. The van der Waals surface area contributed by atoms with Crippen LogP contribution in [-0.4, -0.2) is 45.4 Å². The van der Waals surface area contributed by atoms with Gasteiger partial charge < -0.3 is 24.8 Å². The Bertz CT molecular complexity index is 849. The van der Waals surface area contributed by atoms with Gasteiger partial charge in [-0.15, -0.1) is 24.0 Å². The number of hydrogen-bond acceptors (Lipinski definition) is 5. The summed E-state index contributed by atoms with van der Waals surface area (Å²) in [7, 11) is 4.82. The van der Waals surface area contributed by atoms with Crippen molar-refractivity contribution in [3.63, 3.8) is 0 Å². The number of aromatic nitrogens is 1. The van der Waals surface area contributed by atoms with Crippen molar-refractivity contribution < 1.29 is 27.4 Å². The van der Waals surface area contributed by atoms with Crippen molar-refractivity contribution in [2.75, 3.05) is 34.4 Å². The summed E-state index contributed by atoms with van der Waals surface area (Å²) in [5, 5.41) is 6.31. The van der Waals surface area contributed by atoms with Crippen LogP contribution in [-0.2, 0) is 6.18 Å². The van der Waals surface area contributed by atoms with E-state index in [2.05, 4.69) is 20.6 Å². The number of pyridine rings is 1. The maximum atomic E-state index is 12.5. The topological polar surface area (TPSA) is 77.0 Å². The Morgan fingerprint density at radius 2 is 1.90 bits per heavy atom. The number of ether oxygens (including phenoxy) is 3. The monoisotopic (exact) mass is 554 g/mol. The highest BCUT2D eigenvalue weighted by atomic mass is 127. The Morgan fingerprint density at radius 3 is 2.45 bits per heavy atom.